The third kappa shape index (κ3) is 22.0. The summed E-state index contributed by atoms with van der Waals surface area (Å²) in [6.45, 7) is 39.2. The fourth-order valence-electron chi connectivity index (χ4n) is 3.86. The number of nitrogens with zero attached hydrogens (tertiary/aromatic N) is 1. The molecule has 0 heterocycles. The van der Waals surface area contributed by atoms with Gasteiger partial charge in [-0.3, -0.25) is 0 Å². The van der Waals surface area contributed by atoms with Crippen LogP contribution < -0.4 is 20.4 Å². The summed E-state index contributed by atoms with van der Waals surface area (Å²) in [5.41, 5.74) is 1.85. The van der Waals surface area contributed by atoms with Crippen LogP contribution in [0.1, 0.15) is 180 Å². The first-order valence-corrected chi connectivity index (χ1v) is 17.0. The summed E-state index contributed by atoms with van der Waals surface area (Å²) in [4.78, 5) is 0. The summed E-state index contributed by atoms with van der Waals surface area (Å²) in [5.74, 6) is -0.197. The SMILES string of the molecule is CC(C)(C)[O-].CC(C)(C)[O-].CC(C)(C)c1cc([N-]c2cc(C(C)(C)C)cc(C(C)(C)C)c2[O-])c([O-])c(C(C)(C)C)c1.CCCCC.[Ta+5]. The van der Waals surface area contributed by atoms with Gasteiger partial charge in [-0.1, -0.05) is 193 Å². The van der Waals surface area contributed by atoms with Crippen LogP contribution in [0.25, 0.3) is 5.32 Å². The molecule has 2 aromatic rings. The first kappa shape index (κ1) is 49.9. The van der Waals surface area contributed by atoms with Crippen LogP contribution in [0.2, 0.25) is 0 Å². The number of hydrogen-bond donors (Lipinski definition) is 0. The van der Waals surface area contributed by atoms with E-state index in [1.54, 1.807) is 41.5 Å². The summed E-state index contributed by atoms with van der Waals surface area (Å²) in [5, 5.41) is 51.7. The number of unbranched alkanes of at least 4 members (excludes halogenated alkanes) is 2. The van der Waals surface area contributed by atoms with Gasteiger partial charge in [-0.05, 0) is 32.8 Å². The van der Waals surface area contributed by atoms with Crippen LogP contribution in [0, 0.1) is 0 Å². The number of rotatable bonds is 4. The standard InChI is InChI=1S/C28H42NO2.C5H12.2C4H9O.Ta/c1-25(2,3)17-13-19(27(7,8)9)23(30)21(15-17)29-22-16-18(26(4,5)6)14-20(24(22)31)28(10,11)12;1-3-5-4-2;2*1-4(2,3)5;/h13-16,30-31H,1-12H3;3-5H2,1-2H3;2*1-3H3;/q-1;;2*-1;+5/p-2. The fraction of sp³-hybridized carbons (Fsp3) is 0.707. The van der Waals surface area contributed by atoms with Crippen molar-refractivity contribution in [2.24, 2.45) is 0 Å². The molecule has 0 aliphatic carbocycles. The van der Waals surface area contributed by atoms with E-state index in [9.17, 15) is 20.4 Å². The van der Waals surface area contributed by atoms with E-state index in [1.165, 1.54) is 19.3 Å². The second-order valence-electron chi connectivity index (χ2n) is 18.4. The molecule has 2 rings (SSSR count). The molecule has 0 aliphatic heterocycles. The maximum atomic E-state index is 13.4. The van der Waals surface area contributed by atoms with Crippen LogP contribution in [-0.4, -0.2) is 11.2 Å². The van der Waals surface area contributed by atoms with E-state index in [2.05, 4.69) is 55.4 Å². The van der Waals surface area contributed by atoms with Crippen molar-refractivity contribution in [1.82, 2.24) is 0 Å². The summed E-state index contributed by atoms with van der Waals surface area (Å²) in [7, 11) is 0. The molecule has 0 aliphatic rings. The zero-order valence-electron chi connectivity index (χ0n) is 34.0. The topological polar surface area (TPSA) is 106 Å². The Morgan fingerprint density at radius 1 is 0.468 bits per heavy atom. The predicted octanol–water partition coefficient (Wildman–Crippen LogP) is 9.85. The van der Waals surface area contributed by atoms with Gasteiger partial charge in [0.05, 0.1) is 0 Å². The summed E-state index contributed by atoms with van der Waals surface area (Å²) in [6, 6.07) is 7.73. The molecular formula is C41H70NO4Ta. The minimum atomic E-state index is -0.750. The first-order valence-electron chi connectivity index (χ1n) is 17.0. The number of benzene rings is 2. The molecule has 0 atom stereocenters. The van der Waals surface area contributed by atoms with E-state index < -0.39 is 11.2 Å². The van der Waals surface area contributed by atoms with E-state index in [-0.39, 0.29) is 55.5 Å². The van der Waals surface area contributed by atoms with Crippen molar-refractivity contribution in [2.75, 3.05) is 0 Å². The van der Waals surface area contributed by atoms with Gasteiger partial charge in [0, 0.05) is 0 Å². The molecule has 0 spiro atoms. The van der Waals surface area contributed by atoms with E-state index >= 15 is 0 Å². The predicted molar refractivity (Wildman–Crippen MR) is 194 cm³/mol. The molecule has 0 aromatic heterocycles. The van der Waals surface area contributed by atoms with Gasteiger partial charge in [0.25, 0.3) is 0 Å². The van der Waals surface area contributed by atoms with Crippen LogP contribution in [0.4, 0.5) is 11.4 Å². The Labute approximate surface area is 306 Å². The molecule has 2 aromatic carbocycles. The molecule has 0 bridgehead atoms. The summed E-state index contributed by atoms with van der Waals surface area (Å²) >= 11 is 0. The Balaban J connectivity index is -0.00000101. The van der Waals surface area contributed by atoms with Crippen molar-refractivity contribution in [3.05, 3.63) is 51.8 Å². The zero-order chi connectivity index (χ0) is 37.3. The molecule has 0 radical (unpaired) electrons. The molecule has 0 saturated heterocycles. The van der Waals surface area contributed by atoms with Crippen LogP contribution in [0.15, 0.2) is 24.3 Å². The van der Waals surface area contributed by atoms with E-state index in [0.717, 1.165) is 22.3 Å². The summed E-state index contributed by atoms with van der Waals surface area (Å²) in [6.07, 6.45) is 4.08. The Morgan fingerprint density at radius 3 is 0.851 bits per heavy atom. The second-order valence-corrected chi connectivity index (χ2v) is 18.4. The molecule has 0 unspecified atom stereocenters. The van der Waals surface area contributed by atoms with Crippen molar-refractivity contribution >= 4 is 11.4 Å². The minimum Gasteiger partial charge on any atom is -0.873 e. The summed E-state index contributed by atoms with van der Waals surface area (Å²) < 4.78 is 0. The molecule has 6 heteroatoms. The maximum absolute atomic E-state index is 13.4. The Bertz CT molecular complexity index is 1090. The van der Waals surface area contributed by atoms with Crippen molar-refractivity contribution in [3.63, 3.8) is 0 Å². The van der Waals surface area contributed by atoms with Crippen molar-refractivity contribution in [2.45, 2.75) is 191 Å². The molecule has 268 valence electrons. The largest absolute Gasteiger partial charge is 5.00 e. The maximum Gasteiger partial charge on any atom is 5.00 e. The van der Waals surface area contributed by atoms with Crippen LogP contribution >= 0.6 is 0 Å². The van der Waals surface area contributed by atoms with Gasteiger partial charge in [0.1, 0.15) is 0 Å². The van der Waals surface area contributed by atoms with Crippen LogP contribution in [0.3, 0.4) is 0 Å². The fourth-order valence-corrected chi connectivity index (χ4v) is 3.86. The molecule has 0 amide bonds. The first-order chi connectivity index (χ1) is 20.1. The van der Waals surface area contributed by atoms with Gasteiger partial charge in [0.2, 0.25) is 0 Å². The average Bonchev–Trinajstić information content (AvgIpc) is 2.77. The molecule has 0 N–H and O–H groups in total. The molecule has 0 saturated carbocycles. The van der Waals surface area contributed by atoms with E-state index in [1.807, 2.05) is 65.8 Å². The van der Waals surface area contributed by atoms with Crippen molar-refractivity contribution in [3.8, 4) is 11.5 Å². The molecule has 0 fully saturated rings. The smallest absolute Gasteiger partial charge is 0.873 e. The average molecular weight is 822 g/mol. The second kappa shape index (κ2) is 19.0. The zero-order valence-corrected chi connectivity index (χ0v) is 37.2. The van der Waals surface area contributed by atoms with Crippen LogP contribution in [0.5, 0.6) is 11.5 Å². The van der Waals surface area contributed by atoms with Gasteiger partial charge < -0.3 is 25.7 Å². The van der Waals surface area contributed by atoms with Crippen LogP contribution in [-0.2, 0) is 44.0 Å². The third-order valence-electron chi connectivity index (χ3n) is 6.43. The molecular weight excluding hydrogens is 751 g/mol. The quantitative estimate of drug-likeness (QED) is 0.306. The van der Waals surface area contributed by atoms with Gasteiger partial charge in [0.15, 0.2) is 0 Å². The number of hydrogen-bond acceptors (Lipinski definition) is 4. The monoisotopic (exact) mass is 821 g/mol. The van der Waals surface area contributed by atoms with Gasteiger partial charge in [-0.25, -0.2) is 0 Å². The van der Waals surface area contributed by atoms with E-state index in [4.69, 9.17) is 5.32 Å². The molecule has 47 heavy (non-hydrogen) atoms. The van der Waals surface area contributed by atoms with Gasteiger partial charge >= 0.3 is 22.4 Å². The van der Waals surface area contributed by atoms with Crippen molar-refractivity contribution in [1.29, 1.82) is 0 Å². The third-order valence-corrected chi connectivity index (χ3v) is 6.43. The van der Waals surface area contributed by atoms with E-state index in [0.29, 0.717) is 11.4 Å². The van der Waals surface area contributed by atoms with Gasteiger partial charge in [-0.2, -0.15) is 0 Å². The molecule has 5 nitrogen and oxygen atoms in total. The Hall–Kier alpha value is -1.50. The van der Waals surface area contributed by atoms with Gasteiger partial charge in [-0.15, -0.1) is 34.1 Å². The minimum absolute atomic E-state index is 0. The van der Waals surface area contributed by atoms with Crippen molar-refractivity contribution < 1.29 is 42.8 Å². The normalized spacial score (nSPS) is 12.3. The Morgan fingerprint density at radius 2 is 0.702 bits per heavy atom. The Kier molecular flexibility index (Phi) is 20.2.